The van der Waals surface area contributed by atoms with Gasteiger partial charge in [-0.05, 0) is 54.8 Å². The number of amides is 5. The van der Waals surface area contributed by atoms with Gasteiger partial charge >= 0.3 is 12.1 Å². The Morgan fingerprint density at radius 3 is 2.42 bits per heavy atom. The van der Waals surface area contributed by atoms with Crippen molar-refractivity contribution in [1.29, 1.82) is 0 Å². The largest absolute Gasteiger partial charge is 0.485 e. The summed E-state index contributed by atoms with van der Waals surface area (Å²) in [6.45, 7) is 3.84. The lowest BCUT2D eigenvalue weighted by Crippen LogP contribution is -2.50. The molecule has 4 aromatic rings. The number of hydrogen-bond donors (Lipinski definition) is 4. The van der Waals surface area contributed by atoms with Gasteiger partial charge in [-0.1, -0.05) is 49.4 Å². The summed E-state index contributed by atoms with van der Waals surface area (Å²) in [5, 5.41) is 20.2. The maximum Gasteiger partial charge on any atom is 0.323 e. The van der Waals surface area contributed by atoms with Crippen LogP contribution in [0.1, 0.15) is 24.2 Å². The lowest BCUT2D eigenvalue weighted by atomic mass is 9.99. The molecule has 0 spiro atoms. The van der Waals surface area contributed by atoms with Crippen LogP contribution in [0.2, 0.25) is 0 Å². The zero-order chi connectivity index (χ0) is 32.1. The van der Waals surface area contributed by atoms with E-state index in [1.54, 1.807) is 37.1 Å². The molecule has 1 heterocycles. The van der Waals surface area contributed by atoms with Crippen LogP contribution in [0, 0.1) is 11.7 Å². The lowest BCUT2D eigenvalue weighted by Gasteiger charge is -2.38. The second-order valence-electron chi connectivity index (χ2n) is 11.2. The number of carbonyl (C=O) groups is 3. The van der Waals surface area contributed by atoms with Crippen LogP contribution < -0.4 is 20.7 Å². The maximum atomic E-state index is 13.7. The number of aliphatic hydroxyl groups is 1. The Labute approximate surface area is 260 Å². The monoisotopic (exact) mass is 613 g/mol. The number of anilines is 3. The Hall–Kier alpha value is -5.16. The number of hydrogen-bond acceptors (Lipinski definition) is 5. The Morgan fingerprint density at radius 2 is 1.67 bits per heavy atom. The smallest absolute Gasteiger partial charge is 0.323 e. The highest BCUT2D eigenvalue weighted by atomic mass is 19.1. The van der Waals surface area contributed by atoms with Crippen LogP contribution in [0.4, 0.5) is 31.0 Å². The van der Waals surface area contributed by atoms with Gasteiger partial charge in [0.2, 0.25) is 0 Å². The molecule has 0 saturated carbocycles. The highest BCUT2D eigenvalue weighted by Gasteiger charge is 2.35. The Bertz CT molecular complexity index is 1690. The number of benzene rings is 4. The van der Waals surface area contributed by atoms with Crippen molar-refractivity contribution in [2.24, 2.45) is 5.92 Å². The number of carbonyl (C=O) groups excluding carboxylic acids is 3. The first-order valence-electron chi connectivity index (χ1n) is 14.7. The van der Waals surface area contributed by atoms with E-state index in [1.807, 2.05) is 49.4 Å². The van der Waals surface area contributed by atoms with Gasteiger partial charge in [-0.3, -0.25) is 4.79 Å². The molecule has 0 unspecified atom stereocenters. The van der Waals surface area contributed by atoms with E-state index in [1.165, 1.54) is 29.2 Å². The third-order valence-corrected chi connectivity index (χ3v) is 7.87. The molecule has 10 nitrogen and oxygen atoms in total. The number of para-hydroxylation sites is 1. The topological polar surface area (TPSA) is 123 Å². The standard InChI is InChI=1S/C34H36FN5O5/c1-21-18-40(22(2)20-41)32(42)27-11-7-13-29(37-33(43)36-25-16-14-24(35)15-17-25)31(27)45-30(21)19-39(3)34(44)38-28-12-6-9-23-8-4-5-10-26(23)28/h4-17,21-22,30,41H,18-20H2,1-3H3,(H,38,44)(H2,36,37,43)/t21-,22+,30-/m1/s1. The molecule has 234 valence electrons. The molecule has 1 aliphatic rings. The molecular formula is C34H36FN5O5. The number of aliphatic hydroxyl groups excluding tert-OH is 1. The van der Waals surface area contributed by atoms with Crippen LogP contribution >= 0.6 is 0 Å². The highest BCUT2D eigenvalue weighted by molar-refractivity contribution is 6.04. The summed E-state index contributed by atoms with van der Waals surface area (Å²) in [7, 11) is 1.66. The van der Waals surface area contributed by atoms with Crippen molar-refractivity contribution in [3.8, 4) is 5.75 Å². The number of nitrogens with one attached hydrogen (secondary N) is 3. The maximum absolute atomic E-state index is 13.7. The molecule has 11 heteroatoms. The summed E-state index contributed by atoms with van der Waals surface area (Å²) in [6.07, 6.45) is -0.600. The van der Waals surface area contributed by atoms with Crippen molar-refractivity contribution in [3.05, 3.63) is 96.3 Å². The molecule has 0 fully saturated rings. The molecular weight excluding hydrogens is 577 g/mol. The van der Waals surface area contributed by atoms with Crippen molar-refractivity contribution in [1.82, 2.24) is 9.80 Å². The molecule has 5 rings (SSSR count). The molecule has 5 amide bonds. The summed E-state index contributed by atoms with van der Waals surface area (Å²) in [5.74, 6) is -0.923. The van der Waals surface area contributed by atoms with Gasteiger partial charge in [0.15, 0.2) is 5.75 Å². The molecule has 0 saturated heterocycles. The van der Waals surface area contributed by atoms with Crippen LogP contribution in [0.25, 0.3) is 10.8 Å². The summed E-state index contributed by atoms with van der Waals surface area (Å²) < 4.78 is 19.8. The van der Waals surface area contributed by atoms with Crippen molar-refractivity contribution in [2.75, 3.05) is 42.7 Å². The lowest BCUT2D eigenvalue weighted by molar-refractivity contribution is 0.0373. The van der Waals surface area contributed by atoms with Crippen LogP contribution in [-0.2, 0) is 0 Å². The number of urea groups is 2. The highest BCUT2D eigenvalue weighted by Crippen LogP contribution is 2.35. The molecule has 4 N–H and O–H groups in total. The van der Waals surface area contributed by atoms with Crippen LogP contribution in [0.3, 0.4) is 0 Å². The Balaban J connectivity index is 1.41. The van der Waals surface area contributed by atoms with Gasteiger partial charge in [0.25, 0.3) is 5.91 Å². The number of ether oxygens (including phenoxy) is 1. The summed E-state index contributed by atoms with van der Waals surface area (Å²) >= 11 is 0. The van der Waals surface area contributed by atoms with Crippen molar-refractivity contribution < 1.29 is 28.6 Å². The van der Waals surface area contributed by atoms with Crippen molar-refractivity contribution >= 4 is 45.8 Å². The quantitative estimate of drug-likeness (QED) is 0.203. The number of fused-ring (bicyclic) bond motifs is 2. The van der Waals surface area contributed by atoms with Gasteiger partial charge in [0.1, 0.15) is 11.9 Å². The fraction of sp³-hybridized carbons (Fsp3) is 0.265. The van der Waals surface area contributed by atoms with E-state index in [9.17, 15) is 23.9 Å². The number of nitrogens with zero attached hydrogens (tertiary/aromatic N) is 2. The fourth-order valence-corrected chi connectivity index (χ4v) is 5.28. The molecule has 45 heavy (non-hydrogen) atoms. The molecule has 0 bridgehead atoms. The second kappa shape index (κ2) is 13.6. The third kappa shape index (κ3) is 7.15. The van der Waals surface area contributed by atoms with E-state index >= 15 is 0 Å². The van der Waals surface area contributed by atoms with E-state index in [0.29, 0.717) is 11.4 Å². The van der Waals surface area contributed by atoms with E-state index < -0.39 is 24.0 Å². The predicted molar refractivity (Wildman–Crippen MR) is 172 cm³/mol. The summed E-state index contributed by atoms with van der Waals surface area (Å²) in [6, 6.07) is 22.1. The minimum absolute atomic E-state index is 0.145. The van der Waals surface area contributed by atoms with E-state index in [-0.39, 0.29) is 54.6 Å². The molecule has 4 aromatic carbocycles. The first kappa shape index (κ1) is 31.3. The molecule has 1 aliphatic heterocycles. The van der Waals surface area contributed by atoms with Crippen LogP contribution in [0.5, 0.6) is 5.75 Å². The van der Waals surface area contributed by atoms with Gasteiger partial charge in [-0.2, -0.15) is 0 Å². The minimum atomic E-state index is -0.620. The SMILES string of the molecule is C[C@@H]1CN([C@@H](C)CO)C(=O)c2cccc(NC(=O)Nc3ccc(F)cc3)c2O[C@@H]1CN(C)C(=O)Nc1cccc2ccccc12. The summed E-state index contributed by atoms with van der Waals surface area (Å²) in [4.78, 5) is 43.2. The van der Waals surface area contributed by atoms with Gasteiger partial charge in [-0.15, -0.1) is 0 Å². The summed E-state index contributed by atoms with van der Waals surface area (Å²) in [5.41, 5.74) is 1.49. The predicted octanol–water partition coefficient (Wildman–Crippen LogP) is 6.01. The average molecular weight is 614 g/mol. The first-order chi connectivity index (χ1) is 21.6. The van der Waals surface area contributed by atoms with E-state index in [0.717, 1.165) is 10.8 Å². The van der Waals surface area contributed by atoms with E-state index in [2.05, 4.69) is 16.0 Å². The average Bonchev–Trinajstić information content (AvgIpc) is 3.03. The van der Waals surface area contributed by atoms with Gasteiger partial charge in [-0.25, -0.2) is 14.0 Å². The Morgan fingerprint density at radius 1 is 0.978 bits per heavy atom. The zero-order valence-corrected chi connectivity index (χ0v) is 25.3. The van der Waals surface area contributed by atoms with Crippen LogP contribution in [0.15, 0.2) is 84.9 Å². The van der Waals surface area contributed by atoms with Gasteiger partial charge in [0.05, 0.1) is 36.1 Å². The van der Waals surface area contributed by atoms with Crippen LogP contribution in [-0.4, -0.2) is 71.8 Å². The zero-order valence-electron chi connectivity index (χ0n) is 25.3. The Kier molecular flexibility index (Phi) is 9.48. The van der Waals surface area contributed by atoms with Gasteiger partial charge in [0, 0.05) is 30.6 Å². The molecule has 0 aromatic heterocycles. The third-order valence-electron chi connectivity index (χ3n) is 7.87. The van der Waals surface area contributed by atoms with Gasteiger partial charge < -0.3 is 35.6 Å². The molecule has 0 radical (unpaired) electrons. The second-order valence-corrected chi connectivity index (χ2v) is 11.2. The van der Waals surface area contributed by atoms with E-state index in [4.69, 9.17) is 4.74 Å². The number of halogens is 1. The van der Waals surface area contributed by atoms with Crippen molar-refractivity contribution in [3.63, 3.8) is 0 Å². The minimum Gasteiger partial charge on any atom is -0.485 e. The molecule has 3 atom stereocenters. The van der Waals surface area contributed by atoms with Crippen molar-refractivity contribution in [2.45, 2.75) is 26.0 Å². The molecule has 0 aliphatic carbocycles. The fourth-order valence-electron chi connectivity index (χ4n) is 5.28. The number of rotatable bonds is 7. The first-order valence-corrected chi connectivity index (χ1v) is 14.7. The number of likely N-dealkylation sites (N-methyl/N-ethyl adjacent to an activating group) is 1. The normalized spacial score (nSPS) is 16.9.